The fourth-order valence-corrected chi connectivity index (χ4v) is 3.80. The maximum absolute atomic E-state index is 4.66. The molecule has 0 unspecified atom stereocenters. The van der Waals surface area contributed by atoms with Crippen LogP contribution in [0.2, 0.25) is 0 Å². The topological polar surface area (TPSA) is 43.1 Å². The minimum Gasteiger partial charge on any atom is -0.181 e. The molecule has 4 aromatic rings. The molecule has 0 fully saturated rings. The van der Waals surface area contributed by atoms with Crippen LogP contribution >= 0.6 is 22.7 Å². The van der Waals surface area contributed by atoms with Crippen LogP contribution in [0.4, 0.5) is 0 Å². The van der Waals surface area contributed by atoms with Crippen molar-refractivity contribution < 1.29 is 0 Å². The van der Waals surface area contributed by atoms with E-state index in [-0.39, 0.29) is 0 Å². The molecule has 0 saturated heterocycles. The first-order chi connectivity index (χ1) is 9.83. The largest absolute Gasteiger partial charge is 0.235 e. The molecule has 0 aliphatic heterocycles. The Kier molecular flexibility index (Phi) is 2.64. The van der Waals surface area contributed by atoms with Crippen molar-refractivity contribution in [1.29, 1.82) is 0 Å². The van der Waals surface area contributed by atoms with Gasteiger partial charge in [-0.25, -0.2) is 0 Å². The van der Waals surface area contributed by atoms with E-state index in [1.54, 1.807) is 22.7 Å². The SMILES string of the molecule is Cc1ccsc1-c1nnc2sc(-c3ccccc3)nn12. The van der Waals surface area contributed by atoms with Gasteiger partial charge in [0.15, 0.2) is 5.82 Å². The van der Waals surface area contributed by atoms with Crippen LogP contribution in [0.3, 0.4) is 0 Å². The van der Waals surface area contributed by atoms with E-state index in [1.807, 2.05) is 22.7 Å². The average Bonchev–Trinajstić information content (AvgIpc) is 3.15. The Balaban J connectivity index is 1.90. The Labute approximate surface area is 123 Å². The molecule has 0 N–H and O–H groups in total. The number of aromatic nitrogens is 4. The lowest BCUT2D eigenvalue weighted by Crippen LogP contribution is -1.90. The lowest BCUT2D eigenvalue weighted by Gasteiger charge is -1.95. The molecule has 4 nitrogen and oxygen atoms in total. The van der Waals surface area contributed by atoms with E-state index in [4.69, 9.17) is 0 Å². The van der Waals surface area contributed by atoms with Crippen LogP contribution in [0.5, 0.6) is 0 Å². The molecule has 6 heteroatoms. The molecule has 0 amide bonds. The maximum atomic E-state index is 4.66. The second-order valence-corrected chi connectivity index (χ2v) is 6.30. The molecular weight excluding hydrogens is 288 g/mol. The summed E-state index contributed by atoms with van der Waals surface area (Å²) < 4.78 is 1.84. The van der Waals surface area contributed by atoms with Gasteiger partial charge < -0.3 is 0 Å². The molecule has 0 bridgehead atoms. The number of hydrogen-bond acceptors (Lipinski definition) is 5. The van der Waals surface area contributed by atoms with Crippen molar-refractivity contribution in [3.05, 3.63) is 47.3 Å². The van der Waals surface area contributed by atoms with Gasteiger partial charge in [-0.15, -0.1) is 21.5 Å². The van der Waals surface area contributed by atoms with Crippen LogP contribution in [-0.4, -0.2) is 19.8 Å². The summed E-state index contributed by atoms with van der Waals surface area (Å²) in [5, 5.41) is 16.2. The number of benzene rings is 1. The summed E-state index contributed by atoms with van der Waals surface area (Å²) in [4.78, 5) is 1.95. The summed E-state index contributed by atoms with van der Waals surface area (Å²) in [5.74, 6) is 0.825. The third-order valence-electron chi connectivity index (χ3n) is 3.08. The van der Waals surface area contributed by atoms with E-state index in [1.165, 1.54) is 5.56 Å². The average molecular weight is 298 g/mol. The summed E-state index contributed by atoms with van der Waals surface area (Å²) in [5.41, 5.74) is 2.32. The zero-order chi connectivity index (χ0) is 13.5. The first kappa shape index (κ1) is 11.7. The van der Waals surface area contributed by atoms with Crippen molar-refractivity contribution in [3.8, 4) is 21.3 Å². The highest BCUT2D eigenvalue weighted by atomic mass is 32.1. The quantitative estimate of drug-likeness (QED) is 0.564. The van der Waals surface area contributed by atoms with Gasteiger partial charge >= 0.3 is 0 Å². The zero-order valence-corrected chi connectivity index (χ0v) is 12.3. The number of nitrogens with zero attached hydrogens (tertiary/aromatic N) is 4. The minimum atomic E-state index is 0.825. The Morgan fingerprint density at radius 3 is 2.65 bits per heavy atom. The molecule has 98 valence electrons. The van der Waals surface area contributed by atoms with Gasteiger partial charge in [0.25, 0.3) is 0 Å². The molecule has 20 heavy (non-hydrogen) atoms. The molecule has 3 aromatic heterocycles. The lowest BCUT2D eigenvalue weighted by molar-refractivity contribution is 0.973. The van der Waals surface area contributed by atoms with Crippen LogP contribution in [-0.2, 0) is 0 Å². The second-order valence-electron chi connectivity index (χ2n) is 4.42. The van der Waals surface area contributed by atoms with Crippen molar-refractivity contribution in [2.45, 2.75) is 6.92 Å². The summed E-state index contributed by atoms with van der Waals surface area (Å²) in [6.07, 6.45) is 0. The van der Waals surface area contributed by atoms with E-state index in [0.717, 1.165) is 26.2 Å². The fraction of sp³-hybridized carbons (Fsp3) is 0.0714. The van der Waals surface area contributed by atoms with Crippen molar-refractivity contribution in [1.82, 2.24) is 19.8 Å². The molecule has 3 heterocycles. The summed E-state index contributed by atoms with van der Waals surface area (Å²) in [6, 6.07) is 12.2. The van der Waals surface area contributed by atoms with Crippen molar-refractivity contribution in [2.24, 2.45) is 0 Å². The third kappa shape index (κ3) is 1.76. The Hall–Kier alpha value is -2.05. The number of thiophene rings is 1. The van der Waals surface area contributed by atoms with Gasteiger partial charge in [-0.1, -0.05) is 41.7 Å². The van der Waals surface area contributed by atoms with Gasteiger partial charge in [0.1, 0.15) is 5.01 Å². The van der Waals surface area contributed by atoms with Crippen LogP contribution in [0, 0.1) is 6.92 Å². The van der Waals surface area contributed by atoms with E-state index in [2.05, 4.69) is 45.8 Å². The second kappa shape index (κ2) is 4.50. The highest BCUT2D eigenvalue weighted by Gasteiger charge is 2.16. The first-order valence-corrected chi connectivity index (χ1v) is 7.84. The van der Waals surface area contributed by atoms with Crippen molar-refractivity contribution >= 4 is 27.6 Å². The fourth-order valence-electron chi connectivity index (χ4n) is 2.06. The Morgan fingerprint density at radius 1 is 1.05 bits per heavy atom. The molecule has 0 aliphatic carbocycles. The normalized spacial score (nSPS) is 11.2. The monoisotopic (exact) mass is 298 g/mol. The Bertz CT molecular complexity index is 873. The van der Waals surface area contributed by atoms with Crippen molar-refractivity contribution in [2.75, 3.05) is 0 Å². The highest BCUT2D eigenvalue weighted by Crippen LogP contribution is 2.31. The van der Waals surface area contributed by atoms with E-state index in [9.17, 15) is 0 Å². The van der Waals surface area contributed by atoms with Gasteiger partial charge in [0.2, 0.25) is 4.96 Å². The minimum absolute atomic E-state index is 0.825. The summed E-state index contributed by atoms with van der Waals surface area (Å²) >= 11 is 3.23. The summed E-state index contributed by atoms with van der Waals surface area (Å²) in [7, 11) is 0. The van der Waals surface area contributed by atoms with Crippen LogP contribution < -0.4 is 0 Å². The molecule has 0 atom stereocenters. The van der Waals surface area contributed by atoms with Crippen molar-refractivity contribution in [3.63, 3.8) is 0 Å². The number of rotatable bonds is 2. The summed E-state index contributed by atoms with van der Waals surface area (Å²) in [6.45, 7) is 2.08. The molecule has 0 radical (unpaired) electrons. The van der Waals surface area contributed by atoms with Gasteiger partial charge in [0, 0.05) is 5.56 Å². The van der Waals surface area contributed by atoms with E-state index >= 15 is 0 Å². The molecule has 0 aliphatic rings. The zero-order valence-electron chi connectivity index (χ0n) is 10.6. The highest BCUT2D eigenvalue weighted by molar-refractivity contribution is 7.19. The number of fused-ring (bicyclic) bond motifs is 1. The standard InChI is InChI=1S/C14H10N4S2/c1-9-7-8-19-11(9)12-15-16-14-18(12)17-13(20-14)10-5-3-2-4-6-10/h2-8H,1H3. The van der Waals surface area contributed by atoms with Gasteiger partial charge in [-0.2, -0.15) is 9.61 Å². The smallest absolute Gasteiger partial charge is 0.181 e. The number of hydrogen-bond donors (Lipinski definition) is 0. The third-order valence-corrected chi connectivity index (χ3v) is 5.04. The molecule has 0 saturated carbocycles. The molecule has 1 aromatic carbocycles. The van der Waals surface area contributed by atoms with E-state index < -0.39 is 0 Å². The maximum Gasteiger partial charge on any atom is 0.235 e. The lowest BCUT2D eigenvalue weighted by atomic mass is 10.2. The first-order valence-electron chi connectivity index (χ1n) is 6.15. The molecule has 0 spiro atoms. The predicted octanol–water partition coefficient (Wildman–Crippen LogP) is 3.89. The van der Waals surface area contributed by atoms with Crippen LogP contribution in [0.25, 0.3) is 26.2 Å². The Morgan fingerprint density at radius 2 is 1.90 bits per heavy atom. The number of aryl methyl sites for hydroxylation is 1. The van der Waals surface area contributed by atoms with Gasteiger partial charge in [0.05, 0.1) is 4.88 Å². The predicted molar refractivity (Wildman–Crippen MR) is 82.1 cm³/mol. The van der Waals surface area contributed by atoms with E-state index in [0.29, 0.717) is 0 Å². The van der Waals surface area contributed by atoms with Gasteiger partial charge in [-0.05, 0) is 23.9 Å². The van der Waals surface area contributed by atoms with Crippen LogP contribution in [0.15, 0.2) is 41.8 Å². The van der Waals surface area contributed by atoms with Crippen LogP contribution in [0.1, 0.15) is 5.56 Å². The molecule has 4 rings (SSSR count). The molecular formula is C14H10N4S2. The van der Waals surface area contributed by atoms with Gasteiger partial charge in [-0.3, -0.25) is 0 Å².